The summed E-state index contributed by atoms with van der Waals surface area (Å²) in [7, 11) is 0. The largest absolute Gasteiger partial charge is 0.462 e. The highest BCUT2D eigenvalue weighted by Crippen LogP contribution is 2.19. The standard InChI is InChI=1S/C64H124O6/c1-7-60(6)52-46-40-34-28-21-17-14-15-19-23-30-36-42-48-54-63(66)69-57-61(70-64(67)55-49-43-37-31-25-24-27-33-39-45-51-59(4)5)56-68-62(65)53-47-41-35-29-22-18-13-11-9-8-10-12-16-20-26-32-38-44-50-58(2)3/h58-61H,7-57H2,1-6H3/t60?,61-/m1/s1. The molecule has 6 nitrogen and oxygen atoms in total. The van der Waals surface area contributed by atoms with E-state index in [0.717, 1.165) is 75.5 Å². The third-order valence-corrected chi connectivity index (χ3v) is 15.0. The first kappa shape index (κ1) is 68.4. The molecule has 0 bridgehead atoms. The lowest BCUT2D eigenvalue weighted by molar-refractivity contribution is -0.167. The van der Waals surface area contributed by atoms with Gasteiger partial charge in [0.05, 0.1) is 0 Å². The van der Waals surface area contributed by atoms with E-state index in [0.29, 0.717) is 19.3 Å². The van der Waals surface area contributed by atoms with Gasteiger partial charge in [0.1, 0.15) is 13.2 Å². The SMILES string of the molecule is CCC(C)CCCCCCCCCCCCCCCCC(=O)OC[C@@H](COC(=O)CCCCCCCCCCCCCCCCCCCCC(C)C)OC(=O)CCCCCCCCCCCCC(C)C. The second kappa shape index (κ2) is 55.2. The molecule has 0 aromatic rings. The van der Waals surface area contributed by atoms with Crippen molar-refractivity contribution in [3.8, 4) is 0 Å². The van der Waals surface area contributed by atoms with Gasteiger partial charge in [-0.25, -0.2) is 0 Å². The van der Waals surface area contributed by atoms with Crippen LogP contribution in [0.1, 0.15) is 356 Å². The van der Waals surface area contributed by atoms with Gasteiger partial charge in [0.15, 0.2) is 6.10 Å². The predicted molar refractivity (Wildman–Crippen MR) is 303 cm³/mol. The van der Waals surface area contributed by atoms with Crippen molar-refractivity contribution in [2.75, 3.05) is 13.2 Å². The van der Waals surface area contributed by atoms with Gasteiger partial charge in [-0.2, -0.15) is 0 Å². The number of unbranched alkanes of at least 4 members (excludes halogenated alkanes) is 39. The summed E-state index contributed by atoms with van der Waals surface area (Å²) in [6, 6.07) is 0. The van der Waals surface area contributed by atoms with Gasteiger partial charge >= 0.3 is 17.9 Å². The second-order valence-electron chi connectivity index (χ2n) is 23.2. The molecule has 2 atom stereocenters. The Morgan fingerprint density at radius 1 is 0.286 bits per heavy atom. The molecule has 0 aliphatic rings. The number of rotatable bonds is 57. The van der Waals surface area contributed by atoms with E-state index in [1.165, 1.54) is 238 Å². The van der Waals surface area contributed by atoms with E-state index in [9.17, 15) is 14.4 Å². The van der Waals surface area contributed by atoms with Gasteiger partial charge < -0.3 is 14.2 Å². The maximum Gasteiger partial charge on any atom is 0.306 e. The molecule has 0 N–H and O–H groups in total. The molecule has 0 spiro atoms. The Kier molecular flexibility index (Phi) is 53.9. The van der Waals surface area contributed by atoms with Crippen LogP contribution in [0.2, 0.25) is 0 Å². The van der Waals surface area contributed by atoms with E-state index in [1.54, 1.807) is 0 Å². The molecule has 0 aliphatic heterocycles. The van der Waals surface area contributed by atoms with Crippen LogP contribution in [0.25, 0.3) is 0 Å². The number of hydrogen-bond acceptors (Lipinski definition) is 6. The highest BCUT2D eigenvalue weighted by Gasteiger charge is 2.19. The van der Waals surface area contributed by atoms with E-state index < -0.39 is 6.10 Å². The molecule has 0 aromatic carbocycles. The molecule has 70 heavy (non-hydrogen) atoms. The van der Waals surface area contributed by atoms with Gasteiger partial charge in [-0.05, 0) is 37.0 Å². The molecule has 0 heterocycles. The zero-order valence-corrected chi connectivity index (χ0v) is 48.3. The van der Waals surface area contributed by atoms with Crippen molar-refractivity contribution in [1.82, 2.24) is 0 Å². The van der Waals surface area contributed by atoms with Gasteiger partial charge in [0.2, 0.25) is 0 Å². The van der Waals surface area contributed by atoms with E-state index >= 15 is 0 Å². The van der Waals surface area contributed by atoms with Crippen molar-refractivity contribution < 1.29 is 28.6 Å². The Hall–Kier alpha value is -1.59. The van der Waals surface area contributed by atoms with Crippen LogP contribution < -0.4 is 0 Å². The first-order valence-electron chi connectivity index (χ1n) is 31.6. The van der Waals surface area contributed by atoms with E-state index in [4.69, 9.17) is 14.2 Å². The third-order valence-electron chi connectivity index (χ3n) is 15.0. The van der Waals surface area contributed by atoms with Crippen molar-refractivity contribution in [2.24, 2.45) is 17.8 Å². The van der Waals surface area contributed by atoms with Crippen LogP contribution in [0.4, 0.5) is 0 Å². The molecule has 0 aliphatic carbocycles. The van der Waals surface area contributed by atoms with E-state index in [2.05, 4.69) is 41.5 Å². The van der Waals surface area contributed by atoms with Gasteiger partial charge in [-0.15, -0.1) is 0 Å². The first-order valence-corrected chi connectivity index (χ1v) is 31.6. The van der Waals surface area contributed by atoms with Crippen molar-refractivity contribution in [3.05, 3.63) is 0 Å². The molecule has 0 fully saturated rings. The van der Waals surface area contributed by atoms with Crippen molar-refractivity contribution in [1.29, 1.82) is 0 Å². The summed E-state index contributed by atoms with van der Waals surface area (Å²) < 4.78 is 16.9. The highest BCUT2D eigenvalue weighted by molar-refractivity contribution is 5.71. The van der Waals surface area contributed by atoms with Gasteiger partial charge in [0.25, 0.3) is 0 Å². The maximum atomic E-state index is 12.9. The summed E-state index contributed by atoms with van der Waals surface area (Å²) in [5.74, 6) is 1.73. The zero-order chi connectivity index (χ0) is 51.2. The minimum Gasteiger partial charge on any atom is -0.462 e. The summed E-state index contributed by atoms with van der Waals surface area (Å²) in [4.78, 5) is 38.3. The topological polar surface area (TPSA) is 78.9 Å². The molecule has 1 unspecified atom stereocenters. The van der Waals surface area contributed by atoms with E-state index in [-0.39, 0.29) is 31.1 Å². The Labute approximate surface area is 438 Å². The molecule has 0 saturated heterocycles. The lowest BCUT2D eigenvalue weighted by Crippen LogP contribution is -2.30. The number of carbonyl (C=O) groups is 3. The van der Waals surface area contributed by atoms with Gasteiger partial charge in [0, 0.05) is 19.3 Å². The fourth-order valence-electron chi connectivity index (χ4n) is 9.85. The highest BCUT2D eigenvalue weighted by atomic mass is 16.6. The van der Waals surface area contributed by atoms with Gasteiger partial charge in [-0.3, -0.25) is 14.4 Å². The number of esters is 3. The molecular weight excluding hydrogens is 865 g/mol. The minimum absolute atomic E-state index is 0.0630. The third kappa shape index (κ3) is 55.7. The van der Waals surface area contributed by atoms with Crippen molar-refractivity contribution in [3.63, 3.8) is 0 Å². The summed E-state index contributed by atoms with van der Waals surface area (Å²) in [5.41, 5.74) is 0. The van der Waals surface area contributed by atoms with Gasteiger partial charge in [-0.1, -0.05) is 318 Å². The average Bonchev–Trinajstić information content (AvgIpc) is 3.33. The average molecular weight is 990 g/mol. The number of hydrogen-bond donors (Lipinski definition) is 0. The Morgan fingerprint density at radius 3 is 0.743 bits per heavy atom. The predicted octanol–water partition coefficient (Wildman–Crippen LogP) is 21.1. The lowest BCUT2D eigenvalue weighted by Gasteiger charge is -2.18. The zero-order valence-electron chi connectivity index (χ0n) is 48.3. The fraction of sp³-hybridized carbons (Fsp3) is 0.953. The van der Waals surface area contributed by atoms with Crippen LogP contribution in [0.3, 0.4) is 0 Å². The van der Waals surface area contributed by atoms with Crippen LogP contribution in [0, 0.1) is 17.8 Å². The van der Waals surface area contributed by atoms with Crippen molar-refractivity contribution >= 4 is 17.9 Å². The van der Waals surface area contributed by atoms with E-state index in [1.807, 2.05) is 0 Å². The molecule has 0 radical (unpaired) electrons. The summed E-state index contributed by atoms with van der Waals surface area (Å²) in [6.45, 7) is 13.8. The monoisotopic (exact) mass is 989 g/mol. The molecule has 0 saturated carbocycles. The molecule has 0 aromatic heterocycles. The van der Waals surface area contributed by atoms with Crippen LogP contribution in [-0.4, -0.2) is 37.2 Å². The minimum atomic E-state index is -0.764. The van der Waals surface area contributed by atoms with Crippen LogP contribution in [0.5, 0.6) is 0 Å². The second-order valence-corrected chi connectivity index (χ2v) is 23.2. The Morgan fingerprint density at radius 2 is 0.500 bits per heavy atom. The molecule has 0 rings (SSSR count). The molecule has 416 valence electrons. The summed E-state index contributed by atoms with van der Waals surface area (Å²) in [6.07, 6.45) is 59.6. The number of ether oxygens (including phenoxy) is 3. The van der Waals surface area contributed by atoms with Crippen LogP contribution >= 0.6 is 0 Å². The van der Waals surface area contributed by atoms with Crippen LogP contribution in [0.15, 0.2) is 0 Å². The molecular formula is C64H124O6. The first-order chi connectivity index (χ1) is 34.1. The maximum absolute atomic E-state index is 12.9. The quantitative estimate of drug-likeness (QED) is 0.0343. The smallest absolute Gasteiger partial charge is 0.306 e. The lowest BCUT2D eigenvalue weighted by atomic mass is 9.99. The summed E-state index contributed by atoms with van der Waals surface area (Å²) in [5, 5.41) is 0. The fourth-order valence-corrected chi connectivity index (χ4v) is 9.85. The van der Waals surface area contributed by atoms with Crippen molar-refractivity contribution in [2.45, 2.75) is 362 Å². The van der Waals surface area contributed by atoms with Crippen LogP contribution in [-0.2, 0) is 28.6 Å². The Bertz CT molecular complexity index is 1090. The number of carbonyl (C=O) groups excluding carboxylic acids is 3. The molecule has 6 heteroatoms. The molecule has 0 amide bonds. The normalized spacial score (nSPS) is 12.5. The summed E-state index contributed by atoms with van der Waals surface area (Å²) >= 11 is 0. The Balaban J connectivity index is 4.24.